The summed E-state index contributed by atoms with van der Waals surface area (Å²) < 4.78 is 40.5. The van der Waals surface area contributed by atoms with Gasteiger partial charge >= 0.3 is 6.36 Å². The van der Waals surface area contributed by atoms with Crippen LogP contribution < -0.4 is 4.74 Å². The molecule has 0 radical (unpaired) electrons. The van der Waals surface area contributed by atoms with Crippen LogP contribution in [0.2, 0.25) is 5.15 Å². The second-order valence-electron chi connectivity index (χ2n) is 4.11. The molecule has 0 saturated carbocycles. The minimum absolute atomic E-state index is 0.273. The van der Waals surface area contributed by atoms with Crippen LogP contribution in [0.5, 0.6) is 5.75 Å². The lowest BCUT2D eigenvalue weighted by Crippen LogP contribution is -2.17. The molecule has 0 amide bonds. The average molecular weight is 303 g/mol. The van der Waals surface area contributed by atoms with Gasteiger partial charge in [-0.2, -0.15) is 0 Å². The number of nitrogens with zero attached hydrogens (tertiary/aromatic N) is 2. The Morgan fingerprint density at radius 1 is 1.15 bits per heavy atom. The Hall–Kier alpha value is -1.82. The normalized spacial score (nSPS) is 11.5. The first-order valence-electron chi connectivity index (χ1n) is 5.63. The molecule has 0 saturated heterocycles. The lowest BCUT2D eigenvalue weighted by atomic mass is 10.1. The van der Waals surface area contributed by atoms with E-state index in [1.165, 1.54) is 18.2 Å². The summed E-state index contributed by atoms with van der Waals surface area (Å²) in [5.74, 6) is 0.138. The third-order valence-electron chi connectivity index (χ3n) is 2.54. The molecule has 0 unspecified atom stereocenters. The molecule has 1 aromatic carbocycles. The van der Waals surface area contributed by atoms with Crippen LogP contribution in [0.25, 0.3) is 11.3 Å². The number of hydrogen-bond donors (Lipinski definition) is 0. The summed E-state index contributed by atoms with van der Waals surface area (Å²) >= 11 is 5.95. The van der Waals surface area contributed by atoms with E-state index in [0.717, 1.165) is 0 Å². The molecule has 0 aliphatic rings. The van der Waals surface area contributed by atoms with Crippen LogP contribution in [0.4, 0.5) is 13.2 Å². The number of hydrogen-bond acceptors (Lipinski definition) is 3. The molecule has 1 aromatic heterocycles. The van der Waals surface area contributed by atoms with Gasteiger partial charge in [0.2, 0.25) is 0 Å². The molecule has 20 heavy (non-hydrogen) atoms. The summed E-state index contributed by atoms with van der Waals surface area (Å²) in [5.41, 5.74) is 1.56. The highest BCUT2D eigenvalue weighted by Gasteiger charge is 2.31. The molecule has 7 heteroatoms. The highest BCUT2D eigenvalue weighted by Crippen LogP contribution is 2.30. The van der Waals surface area contributed by atoms with Gasteiger partial charge in [-0.1, -0.05) is 23.7 Å². The van der Waals surface area contributed by atoms with Crippen LogP contribution in [-0.4, -0.2) is 16.3 Å². The van der Waals surface area contributed by atoms with E-state index >= 15 is 0 Å². The maximum absolute atomic E-state index is 12.2. The van der Waals surface area contributed by atoms with Crippen molar-refractivity contribution < 1.29 is 17.9 Å². The number of halogens is 4. The van der Waals surface area contributed by atoms with Gasteiger partial charge in [-0.05, 0) is 26.0 Å². The van der Waals surface area contributed by atoms with Gasteiger partial charge in [0.15, 0.2) is 0 Å². The number of rotatable bonds is 2. The number of aryl methyl sites for hydroxylation is 1. The third-order valence-corrected chi connectivity index (χ3v) is 2.91. The monoisotopic (exact) mass is 302 g/mol. The SMILES string of the molecule is Cc1nc(Cl)c(C)c(-c2cccc(OC(F)(F)F)c2)n1. The van der Waals surface area contributed by atoms with E-state index in [1.807, 2.05) is 0 Å². The molecule has 0 aliphatic heterocycles. The molecule has 0 bridgehead atoms. The Morgan fingerprint density at radius 3 is 2.50 bits per heavy atom. The van der Waals surface area contributed by atoms with Gasteiger partial charge in [-0.15, -0.1) is 13.2 Å². The number of ether oxygens (including phenoxy) is 1. The van der Waals surface area contributed by atoms with Gasteiger partial charge in [0, 0.05) is 11.1 Å². The van der Waals surface area contributed by atoms with Crippen molar-refractivity contribution in [2.75, 3.05) is 0 Å². The number of aromatic nitrogens is 2. The fourth-order valence-corrected chi connectivity index (χ4v) is 1.93. The van der Waals surface area contributed by atoms with E-state index in [9.17, 15) is 13.2 Å². The fraction of sp³-hybridized carbons (Fsp3) is 0.231. The summed E-state index contributed by atoms with van der Waals surface area (Å²) in [4.78, 5) is 8.19. The zero-order valence-corrected chi connectivity index (χ0v) is 11.4. The Balaban J connectivity index is 2.46. The zero-order valence-electron chi connectivity index (χ0n) is 10.6. The molecule has 0 fully saturated rings. The van der Waals surface area contributed by atoms with Crippen LogP contribution in [0.3, 0.4) is 0 Å². The second kappa shape index (κ2) is 5.28. The van der Waals surface area contributed by atoms with Gasteiger partial charge in [-0.25, -0.2) is 9.97 Å². The van der Waals surface area contributed by atoms with Gasteiger partial charge < -0.3 is 4.74 Å². The lowest BCUT2D eigenvalue weighted by molar-refractivity contribution is -0.274. The first-order chi connectivity index (χ1) is 9.26. The Kier molecular flexibility index (Phi) is 3.85. The minimum atomic E-state index is -4.73. The van der Waals surface area contributed by atoms with Crippen molar-refractivity contribution in [1.29, 1.82) is 0 Å². The van der Waals surface area contributed by atoms with E-state index in [-0.39, 0.29) is 10.9 Å². The largest absolute Gasteiger partial charge is 0.573 e. The zero-order chi connectivity index (χ0) is 14.9. The Bertz CT molecular complexity index is 644. The van der Waals surface area contributed by atoms with E-state index in [0.29, 0.717) is 22.6 Å². The van der Waals surface area contributed by atoms with Crippen molar-refractivity contribution in [3.05, 3.63) is 40.8 Å². The molecule has 2 rings (SSSR count). The molecular weight excluding hydrogens is 293 g/mol. The first-order valence-corrected chi connectivity index (χ1v) is 6.01. The average Bonchev–Trinajstić information content (AvgIpc) is 2.32. The molecular formula is C13H10ClF3N2O. The Morgan fingerprint density at radius 2 is 1.85 bits per heavy atom. The van der Waals surface area contributed by atoms with Gasteiger partial charge in [-0.3, -0.25) is 0 Å². The highest BCUT2D eigenvalue weighted by molar-refractivity contribution is 6.30. The lowest BCUT2D eigenvalue weighted by Gasteiger charge is -2.11. The van der Waals surface area contributed by atoms with Gasteiger partial charge in [0.1, 0.15) is 16.7 Å². The summed E-state index contributed by atoms with van der Waals surface area (Å²) in [6.45, 7) is 3.36. The summed E-state index contributed by atoms with van der Waals surface area (Å²) in [6, 6.07) is 5.58. The van der Waals surface area contributed by atoms with Crippen LogP contribution >= 0.6 is 11.6 Å². The topological polar surface area (TPSA) is 35.0 Å². The summed E-state index contributed by atoms with van der Waals surface area (Å²) in [6.07, 6.45) is -4.73. The Labute approximate surface area is 118 Å². The predicted octanol–water partition coefficient (Wildman–Crippen LogP) is 4.31. The van der Waals surface area contributed by atoms with Crippen LogP contribution in [-0.2, 0) is 0 Å². The number of benzene rings is 1. The standard InChI is InChI=1S/C13H10ClF3N2O/c1-7-11(18-8(2)19-12(7)14)9-4-3-5-10(6-9)20-13(15,16)17/h3-6H,1-2H3. The van der Waals surface area contributed by atoms with E-state index in [2.05, 4.69) is 14.7 Å². The van der Waals surface area contributed by atoms with Crippen molar-refractivity contribution in [2.45, 2.75) is 20.2 Å². The smallest absolute Gasteiger partial charge is 0.406 e. The van der Waals surface area contributed by atoms with E-state index in [4.69, 9.17) is 11.6 Å². The van der Waals surface area contributed by atoms with Crippen molar-refractivity contribution in [3.63, 3.8) is 0 Å². The van der Waals surface area contributed by atoms with Gasteiger partial charge in [0.05, 0.1) is 5.69 Å². The van der Waals surface area contributed by atoms with E-state index < -0.39 is 6.36 Å². The first kappa shape index (κ1) is 14.6. The second-order valence-corrected chi connectivity index (χ2v) is 4.47. The van der Waals surface area contributed by atoms with Crippen molar-refractivity contribution in [2.24, 2.45) is 0 Å². The third kappa shape index (κ3) is 3.39. The fourth-order valence-electron chi connectivity index (χ4n) is 1.72. The maximum atomic E-state index is 12.2. The number of alkyl halides is 3. The van der Waals surface area contributed by atoms with E-state index in [1.54, 1.807) is 19.9 Å². The van der Waals surface area contributed by atoms with Crippen LogP contribution in [0, 0.1) is 13.8 Å². The molecule has 3 nitrogen and oxygen atoms in total. The highest BCUT2D eigenvalue weighted by atomic mass is 35.5. The van der Waals surface area contributed by atoms with Crippen molar-refractivity contribution in [3.8, 4) is 17.0 Å². The molecule has 0 aliphatic carbocycles. The van der Waals surface area contributed by atoms with Crippen molar-refractivity contribution in [1.82, 2.24) is 9.97 Å². The molecule has 2 aromatic rings. The summed E-state index contributed by atoms with van der Waals surface area (Å²) in [5, 5.41) is 0.273. The maximum Gasteiger partial charge on any atom is 0.573 e. The van der Waals surface area contributed by atoms with Crippen LogP contribution in [0.15, 0.2) is 24.3 Å². The minimum Gasteiger partial charge on any atom is -0.406 e. The summed E-state index contributed by atoms with van der Waals surface area (Å²) in [7, 11) is 0. The van der Waals surface area contributed by atoms with Gasteiger partial charge in [0.25, 0.3) is 0 Å². The molecule has 0 spiro atoms. The molecule has 0 N–H and O–H groups in total. The molecule has 1 heterocycles. The van der Waals surface area contributed by atoms with Crippen molar-refractivity contribution >= 4 is 11.6 Å². The van der Waals surface area contributed by atoms with Crippen LogP contribution in [0.1, 0.15) is 11.4 Å². The molecule has 106 valence electrons. The molecule has 0 atom stereocenters. The quantitative estimate of drug-likeness (QED) is 0.775. The predicted molar refractivity (Wildman–Crippen MR) is 68.6 cm³/mol.